The molecule has 0 N–H and O–H groups in total. The molecule has 146 valence electrons. The Hall–Kier alpha value is -3.36. The predicted octanol–water partition coefficient (Wildman–Crippen LogP) is 2.10. The van der Waals surface area contributed by atoms with Crippen LogP contribution < -0.4 is 9.64 Å². The zero-order valence-electron chi connectivity index (χ0n) is 15.9. The Morgan fingerprint density at radius 3 is 2.54 bits per heavy atom. The van der Waals surface area contributed by atoms with Gasteiger partial charge in [0.1, 0.15) is 17.9 Å². The van der Waals surface area contributed by atoms with Crippen LogP contribution in [-0.2, 0) is 4.74 Å². The van der Waals surface area contributed by atoms with Gasteiger partial charge in [0.25, 0.3) is 0 Å². The van der Waals surface area contributed by atoms with E-state index in [2.05, 4.69) is 20.0 Å². The number of nitrogens with zero attached hydrogens (tertiary/aromatic N) is 6. The van der Waals surface area contributed by atoms with E-state index in [1.54, 1.807) is 29.2 Å². The molecule has 0 saturated carbocycles. The van der Waals surface area contributed by atoms with Gasteiger partial charge in [-0.05, 0) is 31.2 Å². The highest BCUT2D eigenvalue weighted by molar-refractivity contribution is 5.87. The van der Waals surface area contributed by atoms with Crippen molar-refractivity contribution in [3.8, 4) is 11.4 Å². The quantitative estimate of drug-likeness (QED) is 0.683. The van der Waals surface area contributed by atoms with E-state index in [0.29, 0.717) is 32.8 Å². The van der Waals surface area contributed by atoms with Gasteiger partial charge in [0, 0.05) is 26.2 Å². The molecule has 1 aliphatic rings. The normalized spacial score (nSPS) is 14.4. The molecule has 3 heterocycles. The summed E-state index contributed by atoms with van der Waals surface area (Å²) in [4.78, 5) is 24.7. The van der Waals surface area contributed by atoms with Crippen LogP contribution in [0.25, 0.3) is 16.7 Å². The Morgan fingerprint density at radius 2 is 1.86 bits per heavy atom. The standard InChI is InChI=1S/C19H22N6O3/c1-3-28-19(26)24-10-8-23(9-11-24)17-16-12-22-25(18(16)21-13-20-17)14-4-6-15(27-2)7-5-14/h4-7,12-13H,3,8-11H2,1-2H3. The highest BCUT2D eigenvalue weighted by Gasteiger charge is 2.24. The third kappa shape index (κ3) is 3.30. The van der Waals surface area contributed by atoms with Crippen molar-refractivity contribution in [1.29, 1.82) is 0 Å². The lowest BCUT2D eigenvalue weighted by Crippen LogP contribution is -2.49. The molecule has 0 bridgehead atoms. The molecule has 0 unspecified atom stereocenters. The Labute approximate surface area is 162 Å². The lowest BCUT2D eigenvalue weighted by Gasteiger charge is -2.34. The minimum absolute atomic E-state index is 0.262. The molecule has 2 aromatic heterocycles. The van der Waals surface area contributed by atoms with Crippen LogP contribution in [0.2, 0.25) is 0 Å². The number of methoxy groups -OCH3 is 1. The van der Waals surface area contributed by atoms with Crippen molar-refractivity contribution in [2.75, 3.05) is 44.8 Å². The number of aromatic nitrogens is 4. The van der Waals surface area contributed by atoms with Gasteiger partial charge in [-0.25, -0.2) is 19.4 Å². The molecule has 28 heavy (non-hydrogen) atoms. The van der Waals surface area contributed by atoms with Crippen LogP contribution in [0.3, 0.4) is 0 Å². The lowest BCUT2D eigenvalue weighted by molar-refractivity contribution is 0.105. The van der Waals surface area contributed by atoms with Gasteiger partial charge < -0.3 is 19.3 Å². The maximum atomic E-state index is 11.9. The van der Waals surface area contributed by atoms with Crippen LogP contribution in [0, 0.1) is 0 Å². The maximum Gasteiger partial charge on any atom is 0.409 e. The average molecular weight is 382 g/mol. The number of benzene rings is 1. The molecule has 1 amide bonds. The largest absolute Gasteiger partial charge is 0.497 e. The Morgan fingerprint density at radius 1 is 1.11 bits per heavy atom. The van der Waals surface area contributed by atoms with Crippen molar-refractivity contribution in [1.82, 2.24) is 24.6 Å². The summed E-state index contributed by atoms with van der Waals surface area (Å²) in [6, 6.07) is 7.65. The Balaban J connectivity index is 1.58. The predicted molar refractivity (Wildman–Crippen MR) is 104 cm³/mol. The SMILES string of the molecule is CCOC(=O)N1CCN(c2ncnc3c2cnn3-c2ccc(OC)cc2)CC1. The van der Waals surface area contributed by atoms with Crippen LogP contribution in [0.5, 0.6) is 5.75 Å². The first-order valence-corrected chi connectivity index (χ1v) is 9.21. The molecule has 1 aromatic carbocycles. The summed E-state index contributed by atoms with van der Waals surface area (Å²) in [7, 11) is 1.64. The second kappa shape index (κ2) is 7.71. The molecule has 3 aromatic rings. The molecule has 4 rings (SSSR count). The van der Waals surface area contributed by atoms with Gasteiger partial charge in [-0.3, -0.25) is 0 Å². The summed E-state index contributed by atoms with van der Waals surface area (Å²) in [5, 5.41) is 5.38. The number of hydrogen-bond donors (Lipinski definition) is 0. The van der Waals surface area contributed by atoms with E-state index in [1.165, 1.54) is 0 Å². The maximum absolute atomic E-state index is 11.9. The highest BCUT2D eigenvalue weighted by Crippen LogP contribution is 2.26. The van der Waals surface area contributed by atoms with Crippen LogP contribution in [0.15, 0.2) is 36.8 Å². The average Bonchev–Trinajstić information content (AvgIpc) is 3.18. The second-order valence-corrected chi connectivity index (χ2v) is 6.36. The summed E-state index contributed by atoms with van der Waals surface area (Å²) < 4.78 is 12.1. The van der Waals surface area contributed by atoms with E-state index in [0.717, 1.165) is 28.3 Å². The van der Waals surface area contributed by atoms with E-state index in [-0.39, 0.29) is 6.09 Å². The monoisotopic (exact) mass is 382 g/mol. The van der Waals surface area contributed by atoms with Gasteiger partial charge in [0.05, 0.1) is 31.0 Å². The number of carbonyl (C=O) groups is 1. The minimum atomic E-state index is -0.262. The fraction of sp³-hybridized carbons (Fsp3) is 0.368. The fourth-order valence-electron chi connectivity index (χ4n) is 3.31. The second-order valence-electron chi connectivity index (χ2n) is 6.36. The van der Waals surface area contributed by atoms with Gasteiger partial charge >= 0.3 is 6.09 Å². The molecular formula is C19H22N6O3. The molecule has 9 heteroatoms. The first kappa shape index (κ1) is 18.0. The van der Waals surface area contributed by atoms with E-state index in [9.17, 15) is 4.79 Å². The third-order valence-electron chi connectivity index (χ3n) is 4.77. The number of anilines is 1. The molecule has 0 radical (unpaired) electrons. The van der Waals surface area contributed by atoms with Crippen LogP contribution >= 0.6 is 0 Å². The fourth-order valence-corrected chi connectivity index (χ4v) is 3.31. The smallest absolute Gasteiger partial charge is 0.409 e. The first-order chi connectivity index (χ1) is 13.7. The number of carbonyl (C=O) groups excluding carboxylic acids is 1. The molecule has 0 spiro atoms. The van der Waals surface area contributed by atoms with Crippen molar-refractivity contribution in [3.05, 3.63) is 36.8 Å². The number of hydrogen-bond acceptors (Lipinski definition) is 7. The minimum Gasteiger partial charge on any atom is -0.497 e. The first-order valence-electron chi connectivity index (χ1n) is 9.21. The summed E-state index contributed by atoms with van der Waals surface area (Å²) in [6.07, 6.45) is 3.08. The molecule has 1 saturated heterocycles. The number of ether oxygens (including phenoxy) is 2. The lowest BCUT2D eigenvalue weighted by atomic mass is 10.3. The molecular weight excluding hydrogens is 360 g/mol. The summed E-state index contributed by atoms with van der Waals surface area (Å²) in [5.41, 5.74) is 1.63. The number of rotatable bonds is 4. The zero-order chi connectivity index (χ0) is 19.5. The zero-order valence-corrected chi connectivity index (χ0v) is 15.9. The highest BCUT2D eigenvalue weighted by atomic mass is 16.6. The van der Waals surface area contributed by atoms with E-state index in [1.807, 2.05) is 31.2 Å². The number of fused-ring (bicyclic) bond motifs is 1. The van der Waals surface area contributed by atoms with E-state index >= 15 is 0 Å². The van der Waals surface area contributed by atoms with Crippen LogP contribution in [0.1, 0.15) is 6.92 Å². The van der Waals surface area contributed by atoms with Crippen molar-refractivity contribution < 1.29 is 14.3 Å². The van der Waals surface area contributed by atoms with E-state index in [4.69, 9.17) is 9.47 Å². The number of amides is 1. The van der Waals surface area contributed by atoms with Gasteiger partial charge in [-0.15, -0.1) is 0 Å². The summed E-state index contributed by atoms with van der Waals surface area (Å²) >= 11 is 0. The van der Waals surface area contributed by atoms with Gasteiger partial charge in [0.15, 0.2) is 5.65 Å². The summed E-state index contributed by atoms with van der Waals surface area (Å²) in [5.74, 6) is 1.61. The van der Waals surface area contributed by atoms with Crippen molar-refractivity contribution in [2.45, 2.75) is 6.92 Å². The molecule has 1 aliphatic heterocycles. The van der Waals surface area contributed by atoms with Gasteiger partial charge in [0.2, 0.25) is 0 Å². The van der Waals surface area contributed by atoms with Crippen molar-refractivity contribution in [3.63, 3.8) is 0 Å². The molecule has 0 aliphatic carbocycles. The third-order valence-corrected chi connectivity index (χ3v) is 4.77. The Kier molecular flexibility index (Phi) is 4.96. The number of piperazine rings is 1. The molecule has 1 fully saturated rings. The van der Waals surface area contributed by atoms with Gasteiger partial charge in [-0.1, -0.05) is 0 Å². The van der Waals surface area contributed by atoms with Crippen LogP contribution in [-0.4, -0.2) is 70.6 Å². The van der Waals surface area contributed by atoms with Crippen LogP contribution in [0.4, 0.5) is 10.6 Å². The van der Waals surface area contributed by atoms with Crippen molar-refractivity contribution in [2.24, 2.45) is 0 Å². The molecule has 9 nitrogen and oxygen atoms in total. The van der Waals surface area contributed by atoms with Gasteiger partial charge in [-0.2, -0.15) is 5.10 Å². The van der Waals surface area contributed by atoms with Crippen molar-refractivity contribution >= 4 is 22.9 Å². The summed E-state index contributed by atoms with van der Waals surface area (Å²) in [6.45, 7) is 4.74. The van der Waals surface area contributed by atoms with E-state index < -0.39 is 0 Å². The topological polar surface area (TPSA) is 85.6 Å². The molecule has 0 atom stereocenters. The Bertz CT molecular complexity index is 963.